The monoisotopic (exact) mass is 223 g/mol. The van der Waals surface area contributed by atoms with E-state index >= 15 is 0 Å². The highest BCUT2D eigenvalue weighted by molar-refractivity contribution is 5.90. The lowest BCUT2D eigenvalue weighted by molar-refractivity contribution is -0.116. The van der Waals surface area contributed by atoms with Crippen LogP contribution in [0.4, 0.5) is 11.4 Å². The minimum atomic E-state index is -0.0137. The molecule has 4 heteroatoms. The van der Waals surface area contributed by atoms with Crippen molar-refractivity contribution < 1.29 is 4.79 Å². The first kappa shape index (κ1) is 14.5. The lowest BCUT2D eigenvalue weighted by atomic mass is 10.2. The van der Waals surface area contributed by atoms with Crippen molar-refractivity contribution in [3.8, 4) is 0 Å². The summed E-state index contributed by atoms with van der Waals surface area (Å²) in [4.78, 5) is 11.3. The van der Waals surface area contributed by atoms with Gasteiger partial charge in [-0.05, 0) is 37.2 Å². The van der Waals surface area contributed by atoms with Gasteiger partial charge in [0.1, 0.15) is 0 Å². The van der Waals surface area contributed by atoms with Crippen LogP contribution >= 0.6 is 0 Å². The molecule has 0 radical (unpaired) electrons. The second kappa shape index (κ2) is 8.73. The number of nitrogens with one attached hydrogen (secondary N) is 1. The maximum Gasteiger partial charge on any atom is 0.224 e. The fourth-order valence-electron chi connectivity index (χ4n) is 1.05. The van der Waals surface area contributed by atoms with Gasteiger partial charge in [-0.1, -0.05) is 13.8 Å². The number of nitrogens with two attached hydrogens (primary N) is 2. The molecule has 5 N–H and O–H groups in total. The molecular weight excluding hydrogens is 202 g/mol. The van der Waals surface area contributed by atoms with Crippen molar-refractivity contribution in [3.63, 3.8) is 0 Å². The molecular formula is C12H21N3O. The van der Waals surface area contributed by atoms with Gasteiger partial charge in [0.2, 0.25) is 5.91 Å². The first-order valence-electron chi connectivity index (χ1n) is 5.58. The molecule has 0 aliphatic heterocycles. The Labute approximate surface area is 97.0 Å². The van der Waals surface area contributed by atoms with E-state index in [0.717, 1.165) is 5.69 Å². The van der Waals surface area contributed by atoms with Gasteiger partial charge in [-0.3, -0.25) is 4.79 Å². The molecule has 90 valence electrons. The molecule has 1 aromatic rings. The van der Waals surface area contributed by atoms with E-state index in [1.165, 1.54) is 0 Å². The molecule has 16 heavy (non-hydrogen) atoms. The minimum Gasteiger partial charge on any atom is -0.399 e. The quantitative estimate of drug-likeness (QED) is 0.683. The van der Waals surface area contributed by atoms with E-state index in [0.29, 0.717) is 25.1 Å². The predicted molar refractivity (Wildman–Crippen MR) is 69.1 cm³/mol. The van der Waals surface area contributed by atoms with E-state index in [9.17, 15) is 4.79 Å². The molecule has 1 amide bonds. The summed E-state index contributed by atoms with van der Waals surface area (Å²) in [7, 11) is 0. The second-order valence-electron chi connectivity index (χ2n) is 3.06. The van der Waals surface area contributed by atoms with E-state index < -0.39 is 0 Å². The van der Waals surface area contributed by atoms with Gasteiger partial charge in [-0.25, -0.2) is 0 Å². The standard InChI is InChI=1S/C10H15N3O.C2H6/c11-7-1-2-10(14)13-9-5-3-8(12)4-6-9;1-2/h3-6H,1-2,7,11-12H2,(H,13,14);1-2H3. The highest BCUT2D eigenvalue weighted by Crippen LogP contribution is 2.10. The molecule has 1 aromatic carbocycles. The van der Waals surface area contributed by atoms with Crippen molar-refractivity contribution in [2.45, 2.75) is 26.7 Å². The van der Waals surface area contributed by atoms with Gasteiger partial charge in [0.15, 0.2) is 0 Å². The van der Waals surface area contributed by atoms with Gasteiger partial charge < -0.3 is 16.8 Å². The molecule has 0 aliphatic carbocycles. The highest BCUT2D eigenvalue weighted by atomic mass is 16.1. The summed E-state index contributed by atoms with van der Waals surface area (Å²) < 4.78 is 0. The van der Waals surface area contributed by atoms with Gasteiger partial charge in [0, 0.05) is 17.8 Å². The molecule has 0 saturated carbocycles. The van der Waals surface area contributed by atoms with Crippen molar-refractivity contribution in [1.29, 1.82) is 0 Å². The average molecular weight is 223 g/mol. The first-order valence-corrected chi connectivity index (χ1v) is 5.58. The molecule has 0 heterocycles. The average Bonchev–Trinajstić information content (AvgIpc) is 2.32. The SMILES string of the molecule is CC.NCCCC(=O)Nc1ccc(N)cc1. The van der Waals surface area contributed by atoms with Crippen LogP contribution in [-0.2, 0) is 4.79 Å². The lowest BCUT2D eigenvalue weighted by Crippen LogP contribution is -2.13. The lowest BCUT2D eigenvalue weighted by Gasteiger charge is -2.04. The third-order valence-electron chi connectivity index (χ3n) is 1.80. The number of carbonyl (C=O) groups excluding carboxylic acids is 1. The Bertz CT molecular complexity index is 296. The molecule has 0 atom stereocenters. The minimum absolute atomic E-state index is 0.0137. The van der Waals surface area contributed by atoms with E-state index in [4.69, 9.17) is 11.5 Å². The van der Waals surface area contributed by atoms with E-state index in [1.807, 2.05) is 13.8 Å². The van der Waals surface area contributed by atoms with Gasteiger partial charge in [-0.15, -0.1) is 0 Å². The van der Waals surface area contributed by atoms with Crippen molar-refractivity contribution in [1.82, 2.24) is 0 Å². The largest absolute Gasteiger partial charge is 0.399 e. The summed E-state index contributed by atoms with van der Waals surface area (Å²) in [6.45, 7) is 4.54. The highest BCUT2D eigenvalue weighted by Gasteiger charge is 2.00. The summed E-state index contributed by atoms with van der Waals surface area (Å²) in [6, 6.07) is 7.04. The number of benzene rings is 1. The molecule has 1 rings (SSSR count). The summed E-state index contributed by atoms with van der Waals surface area (Å²) in [5, 5.41) is 2.75. The summed E-state index contributed by atoms with van der Waals surface area (Å²) in [6.07, 6.45) is 1.17. The van der Waals surface area contributed by atoms with Gasteiger partial charge in [0.05, 0.1) is 0 Å². The molecule has 0 unspecified atom stereocenters. The molecule has 0 aromatic heterocycles. The fraction of sp³-hybridized carbons (Fsp3) is 0.417. The Balaban J connectivity index is 0.00000106. The maximum atomic E-state index is 11.3. The fourth-order valence-corrected chi connectivity index (χ4v) is 1.05. The Hall–Kier alpha value is -1.55. The molecule has 0 bridgehead atoms. The van der Waals surface area contributed by atoms with Crippen LogP contribution in [0.5, 0.6) is 0 Å². The van der Waals surface area contributed by atoms with Gasteiger partial charge in [0.25, 0.3) is 0 Å². The summed E-state index contributed by atoms with van der Waals surface area (Å²) in [5.74, 6) is -0.0137. The number of rotatable bonds is 4. The van der Waals surface area contributed by atoms with Crippen LogP contribution in [0.3, 0.4) is 0 Å². The zero-order valence-electron chi connectivity index (χ0n) is 9.99. The molecule has 0 aliphatic rings. The van der Waals surface area contributed by atoms with Crippen LogP contribution in [0.2, 0.25) is 0 Å². The summed E-state index contributed by atoms with van der Waals surface area (Å²) in [5.41, 5.74) is 12.3. The van der Waals surface area contributed by atoms with Crippen molar-refractivity contribution >= 4 is 17.3 Å². The van der Waals surface area contributed by atoms with E-state index in [-0.39, 0.29) is 5.91 Å². The summed E-state index contributed by atoms with van der Waals surface area (Å²) >= 11 is 0. The molecule has 0 saturated heterocycles. The van der Waals surface area contributed by atoms with Crippen molar-refractivity contribution in [2.75, 3.05) is 17.6 Å². The third kappa shape index (κ3) is 6.03. The Morgan fingerprint density at radius 3 is 2.31 bits per heavy atom. The Kier molecular flexibility index (Phi) is 7.89. The van der Waals surface area contributed by atoms with Crippen LogP contribution < -0.4 is 16.8 Å². The second-order valence-corrected chi connectivity index (χ2v) is 3.06. The van der Waals surface area contributed by atoms with Crippen LogP contribution in [0.15, 0.2) is 24.3 Å². The number of hydrogen-bond donors (Lipinski definition) is 3. The zero-order valence-corrected chi connectivity index (χ0v) is 9.99. The van der Waals surface area contributed by atoms with E-state index in [2.05, 4.69) is 5.32 Å². The third-order valence-corrected chi connectivity index (χ3v) is 1.80. The topological polar surface area (TPSA) is 81.1 Å². The van der Waals surface area contributed by atoms with Crippen LogP contribution in [-0.4, -0.2) is 12.5 Å². The van der Waals surface area contributed by atoms with Gasteiger partial charge in [-0.2, -0.15) is 0 Å². The number of carbonyl (C=O) groups is 1. The normalized spacial score (nSPS) is 8.94. The first-order chi connectivity index (χ1) is 7.72. The number of anilines is 2. The van der Waals surface area contributed by atoms with Crippen molar-refractivity contribution in [2.24, 2.45) is 5.73 Å². The maximum absolute atomic E-state index is 11.3. The van der Waals surface area contributed by atoms with E-state index in [1.54, 1.807) is 24.3 Å². The van der Waals surface area contributed by atoms with Crippen LogP contribution in [0.1, 0.15) is 26.7 Å². The van der Waals surface area contributed by atoms with Crippen molar-refractivity contribution in [3.05, 3.63) is 24.3 Å². The Morgan fingerprint density at radius 2 is 1.81 bits per heavy atom. The predicted octanol–water partition coefficient (Wildman–Crippen LogP) is 1.97. The Morgan fingerprint density at radius 1 is 1.25 bits per heavy atom. The molecule has 0 spiro atoms. The number of nitrogen functional groups attached to an aromatic ring is 1. The molecule has 0 fully saturated rings. The molecule has 4 nitrogen and oxygen atoms in total. The zero-order chi connectivity index (χ0) is 12.4. The van der Waals surface area contributed by atoms with Crippen LogP contribution in [0.25, 0.3) is 0 Å². The number of hydrogen-bond acceptors (Lipinski definition) is 3. The van der Waals surface area contributed by atoms with Gasteiger partial charge >= 0.3 is 0 Å². The smallest absolute Gasteiger partial charge is 0.224 e. The van der Waals surface area contributed by atoms with Crippen LogP contribution in [0, 0.1) is 0 Å². The number of amides is 1.